The van der Waals surface area contributed by atoms with Crippen molar-refractivity contribution < 1.29 is 63.3 Å². The van der Waals surface area contributed by atoms with E-state index >= 15 is 0 Å². The fourth-order valence-electron chi connectivity index (χ4n) is 6.73. The molecule has 5 rings (SSSR count). The van der Waals surface area contributed by atoms with Crippen LogP contribution in [0.5, 0.6) is 11.5 Å². The number of ether oxygens (including phenoxy) is 5. The minimum atomic E-state index is -2.43. The van der Waals surface area contributed by atoms with Crippen molar-refractivity contribution in [2.75, 3.05) is 7.11 Å². The Morgan fingerprint density at radius 1 is 1.02 bits per heavy atom. The van der Waals surface area contributed by atoms with Gasteiger partial charge in [0.15, 0.2) is 42.0 Å². The first kappa shape index (κ1) is 28.8. The number of carbonyl (C=O) groups is 4. The molecule has 4 N–H and O–H groups in total. The van der Waals surface area contributed by atoms with Gasteiger partial charge in [0.05, 0.1) is 18.1 Å². The van der Waals surface area contributed by atoms with Crippen LogP contribution < -0.4 is 9.47 Å². The Morgan fingerprint density at radius 3 is 2.39 bits per heavy atom. The number of esters is 3. The van der Waals surface area contributed by atoms with E-state index in [1.165, 1.54) is 13.2 Å². The van der Waals surface area contributed by atoms with Gasteiger partial charge in [0, 0.05) is 5.56 Å². The number of carboxylic acid groups (broad SMARTS) is 1. The zero-order valence-corrected chi connectivity index (χ0v) is 22.7. The molecule has 41 heavy (non-hydrogen) atoms. The zero-order valence-electron chi connectivity index (χ0n) is 22.7. The van der Waals surface area contributed by atoms with Crippen LogP contribution >= 0.6 is 0 Å². The van der Waals surface area contributed by atoms with E-state index in [4.69, 9.17) is 24.1 Å². The molecule has 13 nitrogen and oxygen atoms in total. The minimum absolute atomic E-state index is 0.0191. The predicted molar refractivity (Wildman–Crippen MR) is 135 cm³/mol. The summed E-state index contributed by atoms with van der Waals surface area (Å²) >= 11 is 0. The molecule has 222 valence electrons. The Kier molecular flexibility index (Phi) is 7.24. The predicted octanol–water partition coefficient (Wildman–Crippen LogP) is 0.282. The van der Waals surface area contributed by atoms with Crippen LogP contribution in [-0.2, 0) is 45.2 Å². The molecule has 0 radical (unpaired) electrons. The maximum absolute atomic E-state index is 12.9. The van der Waals surface area contributed by atoms with Crippen molar-refractivity contribution in [3.05, 3.63) is 35.1 Å². The van der Waals surface area contributed by atoms with Gasteiger partial charge in [0.1, 0.15) is 5.76 Å². The largest absolute Gasteiger partial charge is 0.493 e. The molecular formula is C28H32O13. The molecule has 13 heteroatoms. The van der Waals surface area contributed by atoms with Gasteiger partial charge in [-0.25, -0.2) is 19.2 Å². The van der Waals surface area contributed by atoms with E-state index in [2.05, 4.69) is 4.74 Å². The molecule has 0 unspecified atom stereocenters. The van der Waals surface area contributed by atoms with Crippen LogP contribution in [0.15, 0.2) is 24.0 Å². The van der Waals surface area contributed by atoms with E-state index < -0.39 is 65.4 Å². The molecule has 1 fully saturated rings. The number of aliphatic carboxylic acids is 1. The first-order valence-corrected chi connectivity index (χ1v) is 13.4. The highest BCUT2D eigenvalue weighted by Crippen LogP contribution is 2.67. The molecule has 1 aromatic rings. The van der Waals surface area contributed by atoms with Crippen LogP contribution in [0.2, 0.25) is 0 Å². The SMILES string of the molecule is COc1ccc2c3c1O[C@@H]1C(OC(=O)[C@H](O)[C@@H](O)C(=O)O[C@@H](C)C(=O)O[C@@H](C)C(=O)O)=CC[C@]4(O)[C@@H](CCC[C@@]314)C2. The molecule has 1 aliphatic heterocycles. The van der Waals surface area contributed by atoms with Crippen molar-refractivity contribution in [3.8, 4) is 11.5 Å². The molecule has 0 aromatic heterocycles. The van der Waals surface area contributed by atoms with E-state index in [0.29, 0.717) is 24.3 Å². The molecule has 0 amide bonds. The number of aliphatic hydroxyl groups excluding tert-OH is 2. The highest BCUT2D eigenvalue weighted by molar-refractivity contribution is 5.88. The molecule has 1 heterocycles. The summed E-state index contributed by atoms with van der Waals surface area (Å²) in [5.74, 6) is -4.65. The third kappa shape index (κ3) is 4.34. The first-order chi connectivity index (χ1) is 19.4. The second-order valence-corrected chi connectivity index (χ2v) is 10.9. The van der Waals surface area contributed by atoms with Gasteiger partial charge in [-0.2, -0.15) is 0 Å². The number of benzene rings is 1. The average molecular weight is 577 g/mol. The topological polar surface area (TPSA) is 195 Å². The lowest BCUT2D eigenvalue weighted by Crippen LogP contribution is -2.67. The number of hydrogen-bond acceptors (Lipinski definition) is 12. The smallest absolute Gasteiger partial charge is 0.347 e. The number of hydrogen-bond donors (Lipinski definition) is 4. The van der Waals surface area contributed by atoms with Crippen molar-refractivity contribution in [2.24, 2.45) is 5.92 Å². The highest BCUT2D eigenvalue weighted by Gasteiger charge is 2.71. The number of aliphatic hydroxyl groups is 3. The quantitative estimate of drug-likeness (QED) is 0.231. The maximum atomic E-state index is 12.9. The van der Waals surface area contributed by atoms with Gasteiger partial charge in [-0.15, -0.1) is 0 Å². The van der Waals surface area contributed by atoms with Crippen LogP contribution in [0.4, 0.5) is 0 Å². The summed E-state index contributed by atoms with van der Waals surface area (Å²) in [4.78, 5) is 48.1. The van der Waals surface area contributed by atoms with Crippen molar-refractivity contribution in [1.82, 2.24) is 0 Å². The lowest BCUT2D eigenvalue weighted by molar-refractivity contribution is -0.184. The molecule has 1 spiro atoms. The van der Waals surface area contributed by atoms with Crippen LogP contribution in [0.1, 0.15) is 50.7 Å². The van der Waals surface area contributed by atoms with E-state index in [1.54, 1.807) is 6.07 Å². The number of rotatable bonds is 9. The van der Waals surface area contributed by atoms with E-state index in [9.17, 15) is 34.5 Å². The van der Waals surface area contributed by atoms with Gasteiger partial charge < -0.3 is 44.1 Å². The van der Waals surface area contributed by atoms with Gasteiger partial charge in [-0.3, -0.25) is 0 Å². The van der Waals surface area contributed by atoms with Crippen molar-refractivity contribution in [1.29, 1.82) is 0 Å². The van der Waals surface area contributed by atoms with Gasteiger partial charge >= 0.3 is 23.9 Å². The third-order valence-corrected chi connectivity index (χ3v) is 8.73. The zero-order chi connectivity index (χ0) is 29.9. The first-order valence-electron chi connectivity index (χ1n) is 13.4. The Balaban J connectivity index is 1.33. The normalized spacial score (nSPS) is 29.9. The summed E-state index contributed by atoms with van der Waals surface area (Å²) in [7, 11) is 1.50. The summed E-state index contributed by atoms with van der Waals surface area (Å²) in [5.41, 5.74) is -0.247. The summed E-state index contributed by atoms with van der Waals surface area (Å²) < 4.78 is 26.7. The molecule has 8 atom stereocenters. The second kappa shape index (κ2) is 10.3. The lowest BCUT2D eigenvalue weighted by Gasteiger charge is -2.59. The van der Waals surface area contributed by atoms with E-state index in [-0.39, 0.29) is 18.1 Å². The van der Waals surface area contributed by atoms with Gasteiger partial charge in [-0.05, 0) is 63.2 Å². The van der Waals surface area contributed by atoms with Gasteiger partial charge in [0.25, 0.3) is 0 Å². The Hall–Kier alpha value is -3.68. The average Bonchev–Trinajstić information content (AvgIpc) is 3.28. The molecule has 2 bridgehead atoms. The minimum Gasteiger partial charge on any atom is -0.493 e. The third-order valence-electron chi connectivity index (χ3n) is 8.73. The fourth-order valence-corrected chi connectivity index (χ4v) is 6.73. The monoisotopic (exact) mass is 576 g/mol. The molecule has 3 aliphatic carbocycles. The molecule has 4 aliphatic rings. The number of carbonyl (C=O) groups excluding carboxylic acids is 3. The Labute approximate surface area is 234 Å². The van der Waals surface area contributed by atoms with Crippen LogP contribution in [0.25, 0.3) is 0 Å². The number of carboxylic acids is 1. The standard InChI is InChI=1S/C28H32O13/c1-12(23(31)32)38-24(33)13(2)39-25(34)19(29)20(30)26(35)40-17-8-10-28(36)15-5-4-9-27(28)18-14(11-15)6-7-16(37-3)21(18)41-22(17)27/h6-8,12-13,15,19-20,22,29-30,36H,4-5,9-11H2,1-3H3,(H,31,32)/t12-,13-,15-,19+,20+,22+,27+,28-/m0/s1. The number of methoxy groups -OCH3 is 1. The molecule has 0 saturated heterocycles. The summed E-state index contributed by atoms with van der Waals surface area (Å²) in [6.45, 7) is 2.16. The van der Waals surface area contributed by atoms with Crippen molar-refractivity contribution in [3.63, 3.8) is 0 Å². The molecule has 1 saturated carbocycles. The summed E-state index contributed by atoms with van der Waals surface area (Å²) in [6, 6.07) is 3.75. The van der Waals surface area contributed by atoms with Gasteiger partial charge in [0.2, 0.25) is 0 Å². The Bertz CT molecular complexity index is 1320. The summed E-state index contributed by atoms with van der Waals surface area (Å²) in [6.07, 6.45) is -4.38. The highest BCUT2D eigenvalue weighted by atomic mass is 16.6. The maximum Gasteiger partial charge on any atom is 0.347 e. The fraction of sp³-hybridized carbons (Fsp3) is 0.571. The Morgan fingerprint density at radius 2 is 1.71 bits per heavy atom. The van der Waals surface area contributed by atoms with Crippen molar-refractivity contribution >= 4 is 23.9 Å². The van der Waals surface area contributed by atoms with Crippen molar-refractivity contribution in [2.45, 2.75) is 87.5 Å². The lowest BCUT2D eigenvalue weighted by atomic mass is 9.47. The van der Waals surface area contributed by atoms with E-state index in [1.807, 2.05) is 6.07 Å². The van der Waals surface area contributed by atoms with E-state index in [0.717, 1.165) is 37.8 Å². The summed E-state index contributed by atoms with van der Waals surface area (Å²) in [5, 5.41) is 41.6. The second-order valence-electron chi connectivity index (χ2n) is 10.9. The van der Waals surface area contributed by atoms with Crippen LogP contribution in [0.3, 0.4) is 0 Å². The molecular weight excluding hydrogens is 544 g/mol. The van der Waals surface area contributed by atoms with Crippen LogP contribution in [-0.4, -0.2) is 87.5 Å². The molecule has 1 aromatic carbocycles. The van der Waals surface area contributed by atoms with Gasteiger partial charge in [-0.1, -0.05) is 12.5 Å². The van der Waals surface area contributed by atoms with Crippen LogP contribution in [0, 0.1) is 5.92 Å².